The summed E-state index contributed by atoms with van der Waals surface area (Å²) in [4.78, 5) is 24.6. The first kappa shape index (κ1) is 13.9. The van der Waals surface area contributed by atoms with Crippen LogP contribution in [-0.4, -0.2) is 21.9 Å². The van der Waals surface area contributed by atoms with Crippen LogP contribution in [0.25, 0.3) is 0 Å². The number of carbonyl (C=O) groups is 1. The first-order chi connectivity index (χ1) is 5.40. The van der Waals surface area contributed by atoms with E-state index < -0.39 is 8.25 Å². The maximum Gasteiger partial charge on any atom is 0.330 e. The molecule has 0 aromatic heterocycles. The van der Waals surface area contributed by atoms with Crippen LogP contribution in [0.15, 0.2) is 12.7 Å². The van der Waals surface area contributed by atoms with Crippen molar-refractivity contribution in [1.29, 1.82) is 0 Å². The fourth-order valence-corrected chi connectivity index (χ4v) is 0.280. The second kappa shape index (κ2) is 8.46. The molecule has 0 aliphatic heterocycles. The summed E-state index contributed by atoms with van der Waals surface area (Å²) in [5.41, 5.74) is 0. The van der Waals surface area contributed by atoms with Gasteiger partial charge in [0.1, 0.15) is 0 Å². The molecule has 0 heterocycles. The minimum atomic E-state index is -3.13. The molecule has 0 unspecified atom stereocenters. The van der Waals surface area contributed by atoms with Gasteiger partial charge in [-0.15, -0.1) is 0 Å². The minimum Gasteiger partial charge on any atom is -0.460 e. The lowest BCUT2D eigenvalue weighted by atomic mass is 10.5. The Morgan fingerprint density at radius 3 is 2.00 bits per heavy atom. The first-order valence-corrected chi connectivity index (χ1v) is 4.45. The summed E-state index contributed by atoms with van der Waals surface area (Å²) in [6.45, 7) is 6.83. The second-order valence-electron chi connectivity index (χ2n) is 1.97. The average molecular weight is 196 g/mol. The van der Waals surface area contributed by atoms with Crippen molar-refractivity contribution in [3.63, 3.8) is 0 Å². The Morgan fingerprint density at radius 1 is 1.58 bits per heavy atom. The molecule has 0 aliphatic carbocycles. The maximum atomic E-state index is 10.3. The van der Waals surface area contributed by atoms with Gasteiger partial charge in [0.2, 0.25) is 0 Å². The van der Waals surface area contributed by atoms with Gasteiger partial charge >= 0.3 is 14.2 Å². The number of carbonyl (C=O) groups excluding carboxylic acids is 1. The van der Waals surface area contributed by atoms with Crippen LogP contribution in [0.2, 0.25) is 0 Å². The Labute approximate surface area is 71.6 Å². The minimum absolute atomic E-state index is 0.0412. The van der Waals surface area contributed by atoms with Gasteiger partial charge in [0.15, 0.2) is 0 Å². The summed E-state index contributed by atoms with van der Waals surface area (Å²) in [7, 11) is -3.13. The highest BCUT2D eigenvalue weighted by atomic mass is 31.1. The Morgan fingerprint density at radius 2 is 1.92 bits per heavy atom. The molecule has 12 heavy (non-hydrogen) atoms. The molecule has 0 amide bonds. The summed E-state index contributed by atoms with van der Waals surface area (Å²) in [6, 6.07) is 0. The summed E-state index contributed by atoms with van der Waals surface area (Å²) >= 11 is 0. The lowest BCUT2D eigenvalue weighted by Crippen LogP contribution is -2.07. The van der Waals surface area contributed by atoms with Gasteiger partial charge in [-0.05, 0) is 13.8 Å². The van der Waals surface area contributed by atoms with Gasteiger partial charge in [-0.2, -0.15) is 0 Å². The van der Waals surface area contributed by atoms with Crippen LogP contribution >= 0.6 is 8.25 Å². The molecule has 5 nitrogen and oxygen atoms in total. The van der Waals surface area contributed by atoms with Crippen LogP contribution in [-0.2, 0) is 14.1 Å². The third-order valence-electron chi connectivity index (χ3n) is 0.519. The van der Waals surface area contributed by atoms with Gasteiger partial charge in [-0.25, -0.2) is 4.79 Å². The van der Waals surface area contributed by atoms with Crippen molar-refractivity contribution in [2.24, 2.45) is 0 Å². The topological polar surface area (TPSA) is 83.8 Å². The van der Waals surface area contributed by atoms with Crippen molar-refractivity contribution in [3.05, 3.63) is 12.7 Å². The summed E-state index contributed by atoms with van der Waals surface area (Å²) in [6.07, 6.45) is 1.11. The monoisotopic (exact) mass is 196 g/mol. The highest BCUT2D eigenvalue weighted by molar-refractivity contribution is 7.30. The van der Waals surface area contributed by atoms with Crippen LogP contribution in [0.5, 0.6) is 0 Å². The molecule has 0 bridgehead atoms. The molecule has 0 fully saturated rings. The van der Waals surface area contributed by atoms with E-state index in [1.54, 1.807) is 13.8 Å². The van der Waals surface area contributed by atoms with Crippen molar-refractivity contribution in [1.82, 2.24) is 0 Å². The Balaban J connectivity index is 0. The third-order valence-corrected chi connectivity index (χ3v) is 0.519. The number of ether oxygens (including phenoxy) is 1. The molecule has 0 rings (SSSR count). The van der Waals surface area contributed by atoms with Crippen molar-refractivity contribution in [3.8, 4) is 0 Å². The predicted octanol–water partition coefficient (Wildman–Crippen LogP) is 0.485. The van der Waals surface area contributed by atoms with E-state index in [0.29, 0.717) is 0 Å². The number of rotatable bonds is 2. The van der Waals surface area contributed by atoms with E-state index in [9.17, 15) is 4.79 Å². The fourth-order valence-electron chi connectivity index (χ4n) is 0.280. The first-order valence-electron chi connectivity index (χ1n) is 3.15. The summed E-state index contributed by atoms with van der Waals surface area (Å²) < 4.78 is 13.4. The second-order valence-corrected chi connectivity index (χ2v) is 2.54. The van der Waals surface area contributed by atoms with Gasteiger partial charge < -0.3 is 14.5 Å². The van der Waals surface area contributed by atoms with Gasteiger partial charge in [-0.1, -0.05) is 6.58 Å². The van der Waals surface area contributed by atoms with Gasteiger partial charge in [0, 0.05) is 6.08 Å². The van der Waals surface area contributed by atoms with Crippen molar-refractivity contribution in [2.75, 3.05) is 0 Å². The SMILES string of the molecule is C=CC(=O)OC(C)C.O=[PH](O)O. The number of hydrogen-bond acceptors (Lipinski definition) is 3. The molecule has 0 spiro atoms. The van der Waals surface area contributed by atoms with Crippen molar-refractivity contribution < 1.29 is 23.9 Å². The zero-order chi connectivity index (χ0) is 10.1. The number of esters is 1. The third kappa shape index (κ3) is 22.8. The van der Waals surface area contributed by atoms with E-state index in [2.05, 4.69) is 11.3 Å². The van der Waals surface area contributed by atoms with E-state index in [-0.39, 0.29) is 12.1 Å². The molecule has 0 saturated carbocycles. The van der Waals surface area contributed by atoms with E-state index in [1.165, 1.54) is 0 Å². The molecule has 0 aliphatic rings. The van der Waals surface area contributed by atoms with Crippen LogP contribution in [0, 0.1) is 0 Å². The molecule has 6 heteroatoms. The normalized spacial score (nSPS) is 8.83. The molecule has 0 saturated heterocycles. The predicted molar refractivity (Wildman–Crippen MR) is 44.9 cm³/mol. The molecule has 0 atom stereocenters. The molecule has 2 N–H and O–H groups in total. The van der Waals surface area contributed by atoms with Crippen LogP contribution in [0.1, 0.15) is 13.8 Å². The molecule has 0 radical (unpaired) electrons. The lowest BCUT2D eigenvalue weighted by molar-refractivity contribution is -0.141. The van der Waals surface area contributed by atoms with Crippen LogP contribution in [0.3, 0.4) is 0 Å². The lowest BCUT2D eigenvalue weighted by Gasteiger charge is -2.02. The van der Waals surface area contributed by atoms with Crippen molar-refractivity contribution >= 4 is 14.2 Å². The Kier molecular flexibility index (Phi) is 9.81. The molecule has 0 aromatic carbocycles. The number of hydrogen-bond donors (Lipinski definition) is 2. The highest BCUT2D eigenvalue weighted by Crippen LogP contribution is 1.98. The van der Waals surface area contributed by atoms with E-state index in [1.807, 2.05) is 0 Å². The Bertz CT molecular complexity index is 161. The molecule has 0 aromatic rings. The summed E-state index contributed by atoms with van der Waals surface area (Å²) in [5.74, 6) is -0.361. The van der Waals surface area contributed by atoms with E-state index >= 15 is 0 Å². The van der Waals surface area contributed by atoms with E-state index in [4.69, 9.17) is 14.4 Å². The molecular weight excluding hydrogens is 183 g/mol. The van der Waals surface area contributed by atoms with Crippen LogP contribution < -0.4 is 0 Å². The van der Waals surface area contributed by atoms with Gasteiger partial charge in [0.25, 0.3) is 0 Å². The van der Waals surface area contributed by atoms with Crippen LogP contribution in [0.4, 0.5) is 0 Å². The summed E-state index contributed by atoms with van der Waals surface area (Å²) in [5, 5.41) is 0. The highest BCUT2D eigenvalue weighted by Gasteiger charge is 1.96. The van der Waals surface area contributed by atoms with Gasteiger partial charge in [-0.3, -0.25) is 4.57 Å². The zero-order valence-corrected chi connectivity index (χ0v) is 7.98. The fraction of sp³-hybridized carbons (Fsp3) is 0.500. The smallest absolute Gasteiger partial charge is 0.330 e. The molecular formula is C6H13O5P. The van der Waals surface area contributed by atoms with E-state index in [0.717, 1.165) is 6.08 Å². The van der Waals surface area contributed by atoms with Gasteiger partial charge in [0.05, 0.1) is 6.10 Å². The quantitative estimate of drug-likeness (QED) is 0.381. The average Bonchev–Trinajstić information content (AvgIpc) is 1.84. The van der Waals surface area contributed by atoms with Crippen molar-refractivity contribution in [2.45, 2.75) is 20.0 Å². The largest absolute Gasteiger partial charge is 0.460 e. The standard InChI is InChI=1S/C6H10O2.H3O3P/c1-4-6(7)8-5(2)3;1-4(2)3/h4-5H,1H2,2-3H3;4H,(H2,1,2,3). The maximum absolute atomic E-state index is 10.3. The zero-order valence-electron chi connectivity index (χ0n) is 6.98. The molecule has 72 valence electrons. The Hall–Kier alpha value is -0.640.